The van der Waals surface area contributed by atoms with Crippen molar-refractivity contribution in [3.8, 4) is 28.0 Å². The Hall–Kier alpha value is -3.84. The molecule has 0 aliphatic heterocycles. The van der Waals surface area contributed by atoms with Gasteiger partial charge >= 0.3 is 0 Å². The topological polar surface area (TPSA) is 9.23 Å². The highest BCUT2D eigenvalue weighted by Gasteiger charge is 2.35. The monoisotopic (exact) mass is 648 g/mol. The highest BCUT2D eigenvalue weighted by molar-refractivity contribution is 5.88. The average Bonchev–Trinajstić information content (AvgIpc) is 3.70. The van der Waals surface area contributed by atoms with E-state index in [1.165, 1.54) is 91.6 Å². The number of hydrogen-bond donors (Lipinski definition) is 0. The number of ether oxygens (including phenoxy) is 1. The number of hydrogen-bond acceptors (Lipinski definition) is 1. The van der Waals surface area contributed by atoms with Gasteiger partial charge in [0.25, 0.3) is 0 Å². The second-order valence-electron chi connectivity index (χ2n) is 17.5. The molecule has 0 heterocycles. The van der Waals surface area contributed by atoms with E-state index in [2.05, 4.69) is 136 Å². The van der Waals surface area contributed by atoms with Crippen molar-refractivity contribution in [2.45, 2.75) is 124 Å². The van der Waals surface area contributed by atoms with Crippen LogP contribution in [0.4, 0.5) is 0 Å². The first-order valence-electron chi connectivity index (χ1n) is 18.7. The summed E-state index contributed by atoms with van der Waals surface area (Å²) in [6, 6.07) is 21.5. The van der Waals surface area contributed by atoms with Crippen LogP contribution in [-0.2, 0) is 23.7 Å². The lowest BCUT2D eigenvalue weighted by Crippen LogP contribution is -2.15. The molecule has 3 aliphatic rings. The molecule has 1 unspecified atom stereocenters. The molecule has 0 saturated heterocycles. The van der Waals surface area contributed by atoms with Crippen LogP contribution in [0.25, 0.3) is 34.4 Å². The molecule has 0 aromatic heterocycles. The van der Waals surface area contributed by atoms with E-state index in [9.17, 15) is 0 Å². The quantitative estimate of drug-likeness (QED) is 0.202. The molecular formula is C48H56O. The number of rotatable bonds is 6. The molecule has 0 amide bonds. The third kappa shape index (κ3) is 5.92. The SMILES string of the molecule is COc1c(C(C)(C)C)cc2c(c1-c1cc(C)cc(C)c1)C=C(C)C2CC[C@@H]1C(C)=Cc2c1cc1c(c2-c2ccc(C(C)(C)C)cc2)CCC1. The molecule has 49 heavy (non-hydrogen) atoms. The van der Waals surface area contributed by atoms with Gasteiger partial charge in [-0.25, -0.2) is 0 Å². The van der Waals surface area contributed by atoms with E-state index in [1.54, 1.807) is 16.7 Å². The van der Waals surface area contributed by atoms with Gasteiger partial charge in [-0.2, -0.15) is 0 Å². The second-order valence-corrected chi connectivity index (χ2v) is 17.5. The Morgan fingerprint density at radius 3 is 1.76 bits per heavy atom. The van der Waals surface area contributed by atoms with Crippen LogP contribution in [0.5, 0.6) is 5.75 Å². The largest absolute Gasteiger partial charge is 0.496 e. The summed E-state index contributed by atoms with van der Waals surface area (Å²) < 4.78 is 6.30. The fourth-order valence-electron chi connectivity index (χ4n) is 9.26. The molecule has 4 aromatic rings. The molecular weight excluding hydrogens is 593 g/mol. The van der Waals surface area contributed by atoms with Gasteiger partial charge in [0.15, 0.2) is 0 Å². The van der Waals surface area contributed by atoms with Crippen LogP contribution in [0.3, 0.4) is 0 Å². The van der Waals surface area contributed by atoms with E-state index in [0.29, 0.717) is 11.8 Å². The Balaban J connectivity index is 1.27. The van der Waals surface area contributed by atoms with Crippen LogP contribution < -0.4 is 4.74 Å². The predicted octanol–water partition coefficient (Wildman–Crippen LogP) is 13.2. The van der Waals surface area contributed by atoms with Crippen LogP contribution in [0.15, 0.2) is 65.7 Å². The Morgan fingerprint density at radius 2 is 1.20 bits per heavy atom. The summed E-state index contributed by atoms with van der Waals surface area (Å²) in [5.41, 5.74) is 22.9. The number of fused-ring (bicyclic) bond motifs is 3. The summed E-state index contributed by atoms with van der Waals surface area (Å²) in [6.07, 6.45) is 11.0. The second kappa shape index (κ2) is 12.2. The molecule has 0 radical (unpaired) electrons. The third-order valence-corrected chi connectivity index (χ3v) is 11.7. The smallest absolute Gasteiger partial charge is 0.131 e. The zero-order valence-corrected chi connectivity index (χ0v) is 31.9. The summed E-state index contributed by atoms with van der Waals surface area (Å²) in [6.45, 7) is 23.0. The molecule has 0 spiro atoms. The molecule has 0 fully saturated rings. The predicted molar refractivity (Wildman–Crippen MR) is 211 cm³/mol. The highest BCUT2D eigenvalue weighted by Crippen LogP contribution is 2.53. The zero-order valence-electron chi connectivity index (χ0n) is 31.9. The maximum absolute atomic E-state index is 6.30. The van der Waals surface area contributed by atoms with E-state index in [0.717, 1.165) is 18.6 Å². The lowest BCUT2D eigenvalue weighted by atomic mass is 9.78. The number of allylic oxidation sites excluding steroid dienone is 2. The van der Waals surface area contributed by atoms with E-state index in [-0.39, 0.29) is 10.8 Å². The molecule has 1 nitrogen and oxygen atoms in total. The van der Waals surface area contributed by atoms with E-state index < -0.39 is 0 Å². The van der Waals surface area contributed by atoms with Gasteiger partial charge in [0.05, 0.1) is 7.11 Å². The fourth-order valence-corrected chi connectivity index (χ4v) is 9.26. The van der Waals surface area contributed by atoms with Gasteiger partial charge in [0, 0.05) is 23.0 Å². The standard InChI is InChI=1S/C48H56O/c1-28-21-29(2)23-34(22-28)45-42-25-31(4)37(40(42)27-43(46(45)49-11)48(8,9)10)20-19-36-30(3)24-41-39(36)26-33-13-12-14-38(33)44(41)32-15-17-35(18-16-32)47(5,6)7/h15-18,21-27,36-37H,12-14,19-20H2,1-11H3/t36-,37?/m1/s1. The lowest BCUT2D eigenvalue weighted by molar-refractivity contribution is 0.398. The maximum atomic E-state index is 6.30. The van der Waals surface area contributed by atoms with Crippen molar-refractivity contribution in [3.63, 3.8) is 0 Å². The van der Waals surface area contributed by atoms with Crippen LogP contribution in [-0.4, -0.2) is 7.11 Å². The van der Waals surface area contributed by atoms with Crippen molar-refractivity contribution in [1.82, 2.24) is 0 Å². The molecule has 0 bridgehead atoms. The van der Waals surface area contributed by atoms with Gasteiger partial charge in [-0.15, -0.1) is 0 Å². The van der Waals surface area contributed by atoms with E-state index in [4.69, 9.17) is 4.74 Å². The minimum Gasteiger partial charge on any atom is -0.496 e. The first-order chi connectivity index (χ1) is 23.2. The minimum atomic E-state index is -0.0411. The Bertz CT molecular complexity index is 2000. The van der Waals surface area contributed by atoms with Crippen molar-refractivity contribution in [3.05, 3.63) is 121 Å². The van der Waals surface area contributed by atoms with E-state index >= 15 is 0 Å². The summed E-state index contributed by atoms with van der Waals surface area (Å²) in [4.78, 5) is 0. The van der Waals surface area contributed by atoms with Crippen LogP contribution in [0.2, 0.25) is 0 Å². The first kappa shape index (κ1) is 33.6. The molecule has 0 saturated carbocycles. The molecule has 3 aliphatic carbocycles. The van der Waals surface area contributed by atoms with Crippen LogP contribution >= 0.6 is 0 Å². The van der Waals surface area contributed by atoms with Gasteiger partial charge < -0.3 is 4.74 Å². The first-order valence-corrected chi connectivity index (χ1v) is 18.7. The molecule has 0 N–H and O–H groups in total. The zero-order chi connectivity index (χ0) is 35.0. The van der Waals surface area contributed by atoms with E-state index in [1.807, 2.05) is 7.11 Å². The normalized spacial score (nSPS) is 18.3. The van der Waals surface area contributed by atoms with Gasteiger partial charge in [-0.05, 0) is 126 Å². The number of benzene rings is 4. The fraction of sp³-hybridized carbons (Fsp3) is 0.417. The van der Waals surface area contributed by atoms with Gasteiger partial charge in [-0.3, -0.25) is 0 Å². The van der Waals surface area contributed by atoms with Crippen molar-refractivity contribution >= 4 is 12.2 Å². The Labute approximate surface area is 296 Å². The summed E-state index contributed by atoms with van der Waals surface area (Å²) in [5.74, 6) is 1.90. The molecule has 2 atom stereocenters. The molecule has 4 aromatic carbocycles. The lowest BCUT2D eigenvalue weighted by Gasteiger charge is -2.28. The molecule has 254 valence electrons. The number of aryl methyl sites for hydroxylation is 3. The average molecular weight is 649 g/mol. The van der Waals surface area contributed by atoms with Gasteiger partial charge in [-0.1, -0.05) is 131 Å². The Kier molecular flexibility index (Phi) is 8.37. The highest BCUT2D eigenvalue weighted by atomic mass is 16.5. The summed E-state index contributed by atoms with van der Waals surface area (Å²) in [7, 11) is 1.85. The summed E-state index contributed by atoms with van der Waals surface area (Å²) in [5, 5.41) is 0. The van der Waals surface area contributed by atoms with Crippen LogP contribution in [0.1, 0.15) is 142 Å². The Morgan fingerprint density at radius 1 is 0.633 bits per heavy atom. The maximum Gasteiger partial charge on any atom is 0.131 e. The molecule has 7 rings (SSSR count). The minimum absolute atomic E-state index is 0.0411. The van der Waals surface area contributed by atoms with Gasteiger partial charge in [0.1, 0.15) is 5.75 Å². The van der Waals surface area contributed by atoms with Crippen molar-refractivity contribution in [2.24, 2.45) is 0 Å². The van der Waals surface area contributed by atoms with Gasteiger partial charge in [0.2, 0.25) is 0 Å². The van der Waals surface area contributed by atoms with Crippen molar-refractivity contribution < 1.29 is 4.74 Å². The number of methoxy groups -OCH3 is 1. The van der Waals surface area contributed by atoms with Crippen molar-refractivity contribution in [2.75, 3.05) is 7.11 Å². The van der Waals surface area contributed by atoms with Crippen LogP contribution in [0, 0.1) is 13.8 Å². The summed E-state index contributed by atoms with van der Waals surface area (Å²) >= 11 is 0. The van der Waals surface area contributed by atoms with Crippen molar-refractivity contribution in [1.29, 1.82) is 0 Å². The third-order valence-electron chi connectivity index (χ3n) is 11.7. The molecule has 1 heteroatoms.